The Bertz CT molecular complexity index is 1090. The number of sulfonamides is 1. The van der Waals surface area contributed by atoms with Crippen LogP contribution in [0.2, 0.25) is 0 Å². The van der Waals surface area contributed by atoms with Crippen molar-refractivity contribution >= 4 is 21.8 Å². The minimum Gasteiger partial charge on any atom is -0.489 e. The van der Waals surface area contributed by atoms with Crippen molar-refractivity contribution in [2.75, 3.05) is 6.54 Å². The van der Waals surface area contributed by atoms with Crippen LogP contribution in [0, 0.1) is 12.7 Å². The fraction of sp³-hybridized carbons (Fsp3) is 0.300. The summed E-state index contributed by atoms with van der Waals surface area (Å²) in [6.45, 7) is 2.81. The van der Waals surface area contributed by atoms with Crippen molar-refractivity contribution in [2.24, 2.45) is 0 Å². The second-order valence-electron chi connectivity index (χ2n) is 7.16. The van der Waals surface area contributed by atoms with Crippen LogP contribution in [0.1, 0.15) is 18.1 Å². The van der Waals surface area contributed by atoms with Crippen LogP contribution in [-0.2, 0) is 26.2 Å². The molecule has 0 aromatic heterocycles. The zero-order valence-corrected chi connectivity index (χ0v) is 17.6. The number of carbonyl (C=O) groups excluding carboxylic acids is 2. The molecule has 1 aliphatic heterocycles. The fourth-order valence-corrected chi connectivity index (χ4v) is 4.94. The van der Waals surface area contributed by atoms with Crippen LogP contribution in [0.3, 0.4) is 0 Å². The van der Waals surface area contributed by atoms with Crippen LogP contribution < -0.4 is 15.5 Å². The third kappa shape index (κ3) is 4.84. The standard InChI is InChI=1S/C20H22FN3O6S/c1-12-3-4-15(21)9-14(12)11-30-16-5-7-17(8-6-16)31(28,29)24-10-18(25)22-13(2)19(24)20(26)23-27/h3-9,13,19,27H,10-11H2,1-2H3,(H,22,25)(H,23,26)/t13-,19?/m0/s1. The van der Waals surface area contributed by atoms with Crippen LogP contribution in [-0.4, -0.2) is 48.4 Å². The smallest absolute Gasteiger partial charge is 0.263 e. The van der Waals surface area contributed by atoms with E-state index < -0.39 is 40.5 Å². The molecule has 166 valence electrons. The van der Waals surface area contributed by atoms with E-state index in [-0.39, 0.29) is 17.3 Å². The maximum Gasteiger partial charge on any atom is 0.263 e. The molecule has 1 saturated heterocycles. The molecular formula is C20H22FN3O6S. The monoisotopic (exact) mass is 451 g/mol. The molecule has 9 nitrogen and oxygen atoms in total. The summed E-state index contributed by atoms with van der Waals surface area (Å²) < 4.78 is 45.9. The number of halogens is 1. The molecule has 0 bridgehead atoms. The summed E-state index contributed by atoms with van der Waals surface area (Å²) in [4.78, 5) is 23.8. The lowest BCUT2D eigenvalue weighted by Gasteiger charge is -2.37. The number of hydrogen-bond acceptors (Lipinski definition) is 6. The molecule has 2 atom stereocenters. The fourth-order valence-electron chi connectivity index (χ4n) is 3.33. The van der Waals surface area contributed by atoms with Gasteiger partial charge in [0.05, 0.1) is 17.5 Å². The summed E-state index contributed by atoms with van der Waals surface area (Å²) in [6.07, 6.45) is 0. The van der Waals surface area contributed by atoms with Gasteiger partial charge in [0.2, 0.25) is 15.9 Å². The Morgan fingerprint density at radius 2 is 1.97 bits per heavy atom. The summed E-state index contributed by atoms with van der Waals surface area (Å²) in [7, 11) is -4.23. The van der Waals surface area contributed by atoms with Gasteiger partial charge in [0.1, 0.15) is 24.2 Å². The van der Waals surface area contributed by atoms with Crippen molar-refractivity contribution in [1.29, 1.82) is 0 Å². The number of ether oxygens (including phenoxy) is 1. The molecule has 1 aliphatic rings. The molecule has 0 radical (unpaired) electrons. The van der Waals surface area contributed by atoms with Gasteiger partial charge in [-0.1, -0.05) is 6.07 Å². The van der Waals surface area contributed by atoms with E-state index in [0.717, 1.165) is 9.87 Å². The second-order valence-corrected chi connectivity index (χ2v) is 9.05. The first-order chi connectivity index (χ1) is 14.6. The maximum absolute atomic E-state index is 13.4. The maximum atomic E-state index is 13.4. The van der Waals surface area contributed by atoms with E-state index in [9.17, 15) is 22.4 Å². The van der Waals surface area contributed by atoms with Gasteiger partial charge in [-0.05, 0) is 61.4 Å². The first-order valence-electron chi connectivity index (χ1n) is 9.36. The third-order valence-corrected chi connectivity index (χ3v) is 6.83. The Balaban J connectivity index is 1.80. The van der Waals surface area contributed by atoms with Crippen molar-refractivity contribution in [3.05, 3.63) is 59.4 Å². The quantitative estimate of drug-likeness (QED) is 0.446. The van der Waals surface area contributed by atoms with Gasteiger partial charge in [-0.15, -0.1) is 0 Å². The molecule has 0 spiro atoms. The SMILES string of the molecule is Cc1ccc(F)cc1COc1ccc(S(=O)(=O)N2CC(=O)N[C@@H](C)C2C(=O)NO)cc1. The van der Waals surface area contributed by atoms with E-state index in [0.29, 0.717) is 11.3 Å². The van der Waals surface area contributed by atoms with E-state index in [2.05, 4.69) is 5.32 Å². The third-order valence-electron chi connectivity index (χ3n) is 4.99. The molecule has 2 aromatic rings. The normalized spacial score (nSPS) is 19.5. The predicted molar refractivity (Wildman–Crippen MR) is 107 cm³/mol. The highest BCUT2D eigenvalue weighted by Crippen LogP contribution is 2.25. The topological polar surface area (TPSA) is 125 Å². The van der Waals surface area contributed by atoms with E-state index in [1.807, 2.05) is 6.92 Å². The molecule has 0 aliphatic carbocycles. The number of piperazine rings is 1. The molecule has 1 heterocycles. The van der Waals surface area contributed by atoms with Crippen molar-refractivity contribution in [3.8, 4) is 5.75 Å². The number of benzene rings is 2. The van der Waals surface area contributed by atoms with Gasteiger partial charge in [0, 0.05) is 0 Å². The van der Waals surface area contributed by atoms with Gasteiger partial charge in [-0.2, -0.15) is 4.31 Å². The molecule has 1 fully saturated rings. The van der Waals surface area contributed by atoms with Crippen LogP contribution >= 0.6 is 0 Å². The van der Waals surface area contributed by atoms with Gasteiger partial charge in [-0.25, -0.2) is 18.3 Å². The lowest BCUT2D eigenvalue weighted by atomic mass is 10.1. The number of amides is 2. The lowest BCUT2D eigenvalue weighted by molar-refractivity contribution is -0.137. The van der Waals surface area contributed by atoms with Crippen molar-refractivity contribution in [1.82, 2.24) is 15.1 Å². The zero-order chi connectivity index (χ0) is 22.8. The Morgan fingerprint density at radius 1 is 1.29 bits per heavy atom. The van der Waals surface area contributed by atoms with Crippen LogP contribution in [0.15, 0.2) is 47.4 Å². The van der Waals surface area contributed by atoms with E-state index >= 15 is 0 Å². The number of nitrogens with one attached hydrogen (secondary N) is 2. The summed E-state index contributed by atoms with van der Waals surface area (Å²) >= 11 is 0. The highest BCUT2D eigenvalue weighted by atomic mass is 32.2. The summed E-state index contributed by atoms with van der Waals surface area (Å²) in [6, 6.07) is 7.61. The van der Waals surface area contributed by atoms with Gasteiger partial charge >= 0.3 is 0 Å². The first kappa shape index (κ1) is 22.7. The number of hydroxylamine groups is 1. The average molecular weight is 451 g/mol. The largest absolute Gasteiger partial charge is 0.489 e. The number of carbonyl (C=O) groups is 2. The summed E-state index contributed by atoms with van der Waals surface area (Å²) in [5.41, 5.74) is 2.95. The lowest BCUT2D eigenvalue weighted by Crippen LogP contribution is -2.65. The number of hydrogen-bond donors (Lipinski definition) is 3. The Labute approximate surface area is 178 Å². The highest BCUT2D eigenvalue weighted by molar-refractivity contribution is 7.89. The Hall–Kier alpha value is -3.02. The molecular weight excluding hydrogens is 429 g/mol. The summed E-state index contributed by atoms with van der Waals surface area (Å²) in [5.74, 6) is -1.55. The molecule has 0 saturated carbocycles. The first-order valence-corrected chi connectivity index (χ1v) is 10.8. The molecule has 2 amide bonds. The number of aryl methyl sites for hydroxylation is 1. The van der Waals surface area contributed by atoms with E-state index in [1.54, 1.807) is 6.07 Å². The molecule has 31 heavy (non-hydrogen) atoms. The Kier molecular flexibility index (Phi) is 6.58. The zero-order valence-electron chi connectivity index (χ0n) is 16.8. The van der Waals surface area contributed by atoms with Gasteiger partial charge < -0.3 is 10.1 Å². The molecule has 3 rings (SSSR count). The molecule has 2 aromatic carbocycles. The molecule has 11 heteroatoms. The van der Waals surface area contributed by atoms with Crippen LogP contribution in [0.25, 0.3) is 0 Å². The van der Waals surface area contributed by atoms with Gasteiger partial charge in [0.15, 0.2) is 0 Å². The minimum absolute atomic E-state index is 0.0955. The predicted octanol–water partition coefficient (Wildman–Crippen LogP) is 1.10. The minimum atomic E-state index is -4.23. The van der Waals surface area contributed by atoms with Crippen molar-refractivity contribution in [2.45, 2.75) is 37.4 Å². The van der Waals surface area contributed by atoms with Crippen molar-refractivity contribution < 1.29 is 32.3 Å². The summed E-state index contributed by atoms with van der Waals surface area (Å²) in [5, 5.41) is 11.5. The van der Waals surface area contributed by atoms with Crippen LogP contribution in [0.5, 0.6) is 5.75 Å². The highest BCUT2D eigenvalue weighted by Gasteiger charge is 2.44. The van der Waals surface area contributed by atoms with Crippen molar-refractivity contribution in [3.63, 3.8) is 0 Å². The van der Waals surface area contributed by atoms with E-state index in [4.69, 9.17) is 9.94 Å². The second kappa shape index (κ2) is 9.00. The van der Waals surface area contributed by atoms with Gasteiger partial charge in [0.25, 0.3) is 5.91 Å². The number of rotatable bonds is 6. The number of nitrogens with zero attached hydrogens (tertiary/aromatic N) is 1. The molecule has 1 unspecified atom stereocenters. The van der Waals surface area contributed by atoms with Crippen LogP contribution in [0.4, 0.5) is 4.39 Å². The van der Waals surface area contributed by atoms with E-state index in [1.165, 1.54) is 48.8 Å². The average Bonchev–Trinajstić information content (AvgIpc) is 2.73. The Morgan fingerprint density at radius 3 is 2.61 bits per heavy atom. The van der Waals surface area contributed by atoms with Gasteiger partial charge in [-0.3, -0.25) is 14.8 Å². The molecule has 3 N–H and O–H groups in total.